The van der Waals surface area contributed by atoms with Crippen LogP contribution in [-0.4, -0.2) is 52.9 Å². The first-order valence-corrected chi connectivity index (χ1v) is 24.4. The molecule has 0 atom stereocenters. The third-order valence-corrected chi connectivity index (χ3v) is 8.40. The van der Waals surface area contributed by atoms with E-state index in [1.807, 2.05) is 0 Å². The van der Waals surface area contributed by atoms with Crippen molar-refractivity contribution in [1.82, 2.24) is 0 Å². The van der Waals surface area contributed by atoms with Gasteiger partial charge < -0.3 is 18.9 Å². The molecule has 0 saturated heterocycles. The summed E-state index contributed by atoms with van der Waals surface area (Å²) in [6.45, 7) is 52.2. The van der Waals surface area contributed by atoms with E-state index in [0.717, 1.165) is 88.4 Å². The van der Waals surface area contributed by atoms with Crippen LogP contribution in [0.2, 0.25) is 0 Å². The zero-order chi connectivity index (χ0) is 44.2. The molecule has 0 rings (SSSR count). The van der Waals surface area contributed by atoms with Crippen LogP contribution >= 0.6 is 0 Å². The Balaban J connectivity index is -0.000000194. The number of rotatable bonds is 31. The first-order valence-electron chi connectivity index (χ1n) is 24.4. The standard InChI is InChI=1S/2C11H24O.2C10H22O.C10H22/c2*1-10(2)7-5-6-8-12-9-11(3)4;2*1-9(2)6-5-7-11-8-10(3)4;1-9(2)7-5-6-8-10(3)4/h2*10-11H,5-9H2,1-4H3;2*9-10H,5-8H2,1-4H3;9-10H,5-8H2,1-4H3. The second kappa shape index (κ2) is 51.0. The third kappa shape index (κ3) is 90.1. The summed E-state index contributed by atoms with van der Waals surface area (Å²) in [6, 6.07) is 0. The molecule has 0 heterocycles. The smallest absolute Gasteiger partial charge is 0.0488 e. The largest absolute Gasteiger partial charge is 0.381 e. The van der Waals surface area contributed by atoms with Gasteiger partial charge in [-0.2, -0.15) is 0 Å². The van der Waals surface area contributed by atoms with Crippen molar-refractivity contribution < 1.29 is 18.9 Å². The molecule has 0 spiro atoms. The Labute approximate surface area is 358 Å². The van der Waals surface area contributed by atoms with Gasteiger partial charge in [-0.1, -0.05) is 190 Å². The normalized spacial score (nSPS) is 11.5. The molecule has 346 valence electrons. The molecule has 0 aromatic carbocycles. The molecule has 0 aliphatic rings. The van der Waals surface area contributed by atoms with Gasteiger partial charge in [0.2, 0.25) is 0 Å². The number of hydrogen-bond donors (Lipinski definition) is 0. The predicted octanol–water partition coefficient (Wildman–Crippen LogP) is 17.0. The van der Waals surface area contributed by atoms with E-state index in [-0.39, 0.29) is 0 Å². The van der Waals surface area contributed by atoms with E-state index in [9.17, 15) is 0 Å². The fraction of sp³-hybridized carbons (Fsp3) is 1.00. The van der Waals surface area contributed by atoms with Crippen LogP contribution in [0.1, 0.15) is 228 Å². The van der Waals surface area contributed by atoms with E-state index in [4.69, 9.17) is 18.9 Å². The van der Waals surface area contributed by atoms with Gasteiger partial charge in [0.05, 0.1) is 0 Å². The molecule has 0 bridgehead atoms. The van der Waals surface area contributed by atoms with Crippen LogP contribution in [0.3, 0.4) is 0 Å². The average Bonchev–Trinajstić information content (AvgIpc) is 3.06. The van der Waals surface area contributed by atoms with E-state index >= 15 is 0 Å². The zero-order valence-electron chi connectivity index (χ0n) is 43.0. The van der Waals surface area contributed by atoms with Gasteiger partial charge in [0.25, 0.3) is 0 Å². The van der Waals surface area contributed by atoms with Crippen molar-refractivity contribution >= 4 is 0 Å². The SMILES string of the molecule is CC(C)CCCCC(C)C.CC(C)CCCCOCC(C)C.CC(C)CCCCOCC(C)C.CC(C)CCCOCC(C)C.CC(C)CCCOCC(C)C. The van der Waals surface area contributed by atoms with Gasteiger partial charge in [0, 0.05) is 52.9 Å². The lowest BCUT2D eigenvalue weighted by molar-refractivity contribution is 0.105. The summed E-state index contributed by atoms with van der Waals surface area (Å²) < 4.78 is 21.8. The summed E-state index contributed by atoms with van der Waals surface area (Å²) in [7, 11) is 0. The van der Waals surface area contributed by atoms with Crippen LogP contribution in [0.5, 0.6) is 0 Å². The Hall–Kier alpha value is -0.160. The van der Waals surface area contributed by atoms with Crippen molar-refractivity contribution in [3.8, 4) is 0 Å². The van der Waals surface area contributed by atoms with Crippen molar-refractivity contribution in [2.45, 2.75) is 228 Å². The second-order valence-electron chi connectivity index (χ2n) is 20.8. The highest BCUT2D eigenvalue weighted by Gasteiger charge is 1.99. The molecule has 0 unspecified atom stereocenters. The first kappa shape index (κ1) is 65.0. The number of unbranched alkanes of at least 4 members (excludes halogenated alkanes) is 3. The van der Waals surface area contributed by atoms with Crippen LogP contribution in [0.4, 0.5) is 0 Å². The lowest BCUT2D eigenvalue weighted by Gasteiger charge is -2.07. The number of ether oxygens (including phenoxy) is 4. The molecule has 56 heavy (non-hydrogen) atoms. The topological polar surface area (TPSA) is 36.9 Å². The Morgan fingerprint density at radius 2 is 0.357 bits per heavy atom. The lowest BCUT2D eigenvalue weighted by atomic mass is 10.0. The van der Waals surface area contributed by atoms with E-state index in [2.05, 4.69) is 138 Å². The molecule has 0 saturated carbocycles. The lowest BCUT2D eigenvalue weighted by Crippen LogP contribution is -2.03. The Morgan fingerprint density at radius 3 is 0.536 bits per heavy atom. The second-order valence-corrected chi connectivity index (χ2v) is 20.8. The minimum absolute atomic E-state index is 0.675. The predicted molar refractivity (Wildman–Crippen MR) is 256 cm³/mol. The van der Waals surface area contributed by atoms with Gasteiger partial charge in [-0.15, -0.1) is 0 Å². The minimum Gasteiger partial charge on any atom is -0.381 e. The maximum atomic E-state index is 5.48. The van der Waals surface area contributed by atoms with Crippen LogP contribution in [0.15, 0.2) is 0 Å². The molecule has 0 N–H and O–H groups in total. The summed E-state index contributed by atoms with van der Waals surface area (Å²) in [4.78, 5) is 0. The van der Waals surface area contributed by atoms with Gasteiger partial charge in [-0.05, 0) is 97.7 Å². The van der Waals surface area contributed by atoms with Crippen molar-refractivity contribution in [3.63, 3.8) is 0 Å². The summed E-state index contributed by atoms with van der Waals surface area (Å²) in [6.07, 6.45) is 18.4. The summed E-state index contributed by atoms with van der Waals surface area (Å²) in [5.74, 6) is 7.81. The summed E-state index contributed by atoms with van der Waals surface area (Å²) in [5.41, 5.74) is 0. The maximum Gasteiger partial charge on any atom is 0.0488 e. The minimum atomic E-state index is 0.675. The zero-order valence-corrected chi connectivity index (χ0v) is 43.0. The van der Waals surface area contributed by atoms with Crippen LogP contribution in [-0.2, 0) is 18.9 Å². The van der Waals surface area contributed by atoms with Crippen molar-refractivity contribution in [2.75, 3.05) is 52.9 Å². The van der Waals surface area contributed by atoms with Crippen molar-refractivity contribution in [3.05, 3.63) is 0 Å². The summed E-state index contributed by atoms with van der Waals surface area (Å²) in [5, 5.41) is 0. The van der Waals surface area contributed by atoms with E-state index in [1.165, 1.54) is 89.9 Å². The molecule has 0 aromatic heterocycles. The molecule has 4 nitrogen and oxygen atoms in total. The fourth-order valence-electron chi connectivity index (χ4n) is 5.08. The average molecular weight is 803 g/mol. The van der Waals surface area contributed by atoms with Gasteiger partial charge in [-0.3, -0.25) is 0 Å². The van der Waals surface area contributed by atoms with Gasteiger partial charge in [0.15, 0.2) is 0 Å². The van der Waals surface area contributed by atoms with Gasteiger partial charge in [-0.25, -0.2) is 0 Å². The Kier molecular flexibility index (Phi) is 59.2. The number of hydrogen-bond acceptors (Lipinski definition) is 4. The highest BCUT2D eigenvalue weighted by molar-refractivity contribution is 4.51. The van der Waals surface area contributed by atoms with E-state index in [1.54, 1.807) is 0 Å². The monoisotopic (exact) mass is 803 g/mol. The van der Waals surface area contributed by atoms with Crippen LogP contribution in [0.25, 0.3) is 0 Å². The third-order valence-electron chi connectivity index (χ3n) is 8.40. The molecule has 0 amide bonds. The molecule has 0 aliphatic heterocycles. The van der Waals surface area contributed by atoms with Crippen LogP contribution in [0, 0.1) is 59.2 Å². The molecular weight excluding hydrogens is 689 g/mol. The highest BCUT2D eigenvalue weighted by Crippen LogP contribution is 2.12. The molecule has 0 aromatic rings. The highest BCUT2D eigenvalue weighted by atomic mass is 16.5. The van der Waals surface area contributed by atoms with E-state index < -0.39 is 0 Å². The summed E-state index contributed by atoms with van der Waals surface area (Å²) >= 11 is 0. The van der Waals surface area contributed by atoms with Crippen LogP contribution < -0.4 is 0 Å². The maximum absolute atomic E-state index is 5.48. The molecule has 0 aliphatic carbocycles. The molecule has 0 fully saturated rings. The van der Waals surface area contributed by atoms with Crippen molar-refractivity contribution in [1.29, 1.82) is 0 Å². The fourth-order valence-corrected chi connectivity index (χ4v) is 5.08. The Morgan fingerprint density at radius 1 is 0.196 bits per heavy atom. The van der Waals surface area contributed by atoms with Gasteiger partial charge in [0.1, 0.15) is 0 Å². The van der Waals surface area contributed by atoms with Crippen molar-refractivity contribution in [2.24, 2.45) is 59.2 Å². The van der Waals surface area contributed by atoms with E-state index in [0.29, 0.717) is 23.7 Å². The molecule has 0 radical (unpaired) electrons. The quantitative estimate of drug-likeness (QED) is 0.0654. The molecule has 4 heteroatoms. The Bertz CT molecular complexity index is 551. The first-order chi connectivity index (χ1) is 26.1. The molecular formula is C52H114O4. The van der Waals surface area contributed by atoms with Gasteiger partial charge >= 0.3 is 0 Å².